The quantitative estimate of drug-likeness (QED) is 0.298. The van der Waals surface area contributed by atoms with Gasteiger partial charge in [-0.15, -0.1) is 0 Å². The van der Waals surface area contributed by atoms with E-state index in [0.29, 0.717) is 18.9 Å². The molecular formula is C16H30O2. The number of esters is 1. The van der Waals surface area contributed by atoms with Gasteiger partial charge in [0.1, 0.15) is 0 Å². The molecule has 0 aliphatic heterocycles. The van der Waals surface area contributed by atoms with Crippen LogP contribution in [-0.2, 0) is 9.53 Å². The molecule has 0 amide bonds. The number of unbranched alkanes of at least 4 members (excludes halogenated alkanes) is 5. The average Bonchev–Trinajstić information content (AvgIpc) is 2.33. The van der Waals surface area contributed by atoms with Gasteiger partial charge in [-0.05, 0) is 31.6 Å². The molecule has 0 fully saturated rings. The maximum Gasteiger partial charge on any atom is 0.305 e. The molecule has 106 valence electrons. The molecular weight excluding hydrogens is 224 g/mol. The molecule has 0 N–H and O–H groups in total. The highest BCUT2D eigenvalue weighted by Gasteiger charge is 2.01. The molecule has 0 heterocycles. The van der Waals surface area contributed by atoms with Crippen molar-refractivity contribution in [1.29, 1.82) is 0 Å². The minimum Gasteiger partial charge on any atom is -0.466 e. The SMILES string of the molecule is CCCCCCOC(=O)CCCC/C=C/C(C)C. The van der Waals surface area contributed by atoms with Crippen molar-refractivity contribution in [2.75, 3.05) is 6.61 Å². The van der Waals surface area contributed by atoms with Crippen molar-refractivity contribution in [2.24, 2.45) is 5.92 Å². The molecule has 0 aromatic heterocycles. The first-order valence-electron chi connectivity index (χ1n) is 7.49. The van der Waals surface area contributed by atoms with Gasteiger partial charge in [-0.25, -0.2) is 0 Å². The summed E-state index contributed by atoms with van der Waals surface area (Å²) >= 11 is 0. The zero-order chi connectivity index (χ0) is 13.6. The van der Waals surface area contributed by atoms with Crippen LogP contribution in [0.5, 0.6) is 0 Å². The van der Waals surface area contributed by atoms with Crippen LogP contribution in [0.2, 0.25) is 0 Å². The van der Waals surface area contributed by atoms with Gasteiger partial charge in [-0.2, -0.15) is 0 Å². The van der Waals surface area contributed by atoms with Crippen LogP contribution in [0.15, 0.2) is 12.2 Å². The Morgan fingerprint density at radius 3 is 2.56 bits per heavy atom. The molecule has 0 aromatic rings. The molecule has 0 bridgehead atoms. The minimum absolute atomic E-state index is 0.0284. The molecule has 0 saturated carbocycles. The van der Waals surface area contributed by atoms with Crippen molar-refractivity contribution in [3.05, 3.63) is 12.2 Å². The maximum atomic E-state index is 11.4. The highest BCUT2D eigenvalue weighted by atomic mass is 16.5. The van der Waals surface area contributed by atoms with E-state index in [2.05, 4.69) is 32.9 Å². The molecule has 0 aliphatic rings. The van der Waals surface area contributed by atoms with Gasteiger partial charge < -0.3 is 4.74 Å². The van der Waals surface area contributed by atoms with Gasteiger partial charge >= 0.3 is 5.97 Å². The highest BCUT2D eigenvalue weighted by molar-refractivity contribution is 5.69. The van der Waals surface area contributed by atoms with Crippen LogP contribution < -0.4 is 0 Å². The summed E-state index contributed by atoms with van der Waals surface area (Å²) in [6.07, 6.45) is 12.7. The largest absolute Gasteiger partial charge is 0.466 e. The molecule has 0 saturated heterocycles. The van der Waals surface area contributed by atoms with Gasteiger partial charge in [0.2, 0.25) is 0 Å². The van der Waals surface area contributed by atoms with Crippen LogP contribution >= 0.6 is 0 Å². The Balaban J connectivity index is 3.27. The number of rotatable bonds is 11. The Kier molecular flexibility index (Phi) is 12.1. The van der Waals surface area contributed by atoms with Crippen LogP contribution in [0.3, 0.4) is 0 Å². The van der Waals surface area contributed by atoms with E-state index in [1.54, 1.807) is 0 Å². The number of hydrogen-bond acceptors (Lipinski definition) is 2. The minimum atomic E-state index is -0.0284. The smallest absolute Gasteiger partial charge is 0.305 e. The van der Waals surface area contributed by atoms with Crippen molar-refractivity contribution < 1.29 is 9.53 Å². The van der Waals surface area contributed by atoms with Crippen LogP contribution in [-0.4, -0.2) is 12.6 Å². The molecule has 0 aliphatic carbocycles. The first kappa shape index (κ1) is 17.2. The summed E-state index contributed by atoms with van der Waals surface area (Å²) in [7, 11) is 0. The van der Waals surface area contributed by atoms with Crippen molar-refractivity contribution in [3.8, 4) is 0 Å². The van der Waals surface area contributed by atoms with E-state index in [1.807, 2.05) is 0 Å². The monoisotopic (exact) mass is 254 g/mol. The van der Waals surface area contributed by atoms with Crippen LogP contribution in [0.1, 0.15) is 72.1 Å². The van der Waals surface area contributed by atoms with Gasteiger partial charge in [0.05, 0.1) is 6.61 Å². The number of ether oxygens (including phenoxy) is 1. The van der Waals surface area contributed by atoms with Gasteiger partial charge in [0.25, 0.3) is 0 Å². The number of allylic oxidation sites excluding steroid dienone is 2. The lowest BCUT2D eigenvalue weighted by molar-refractivity contribution is -0.143. The molecule has 0 atom stereocenters. The molecule has 0 unspecified atom stereocenters. The zero-order valence-corrected chi connectivity index (χ0v) is 12.4. The fraction of sp³-hybridized carbons (Fsp3) is 0.812. The van der Waals surface area contributed by atoms with Crippen molar-refractivity contribution in [3.63, 3.8) is 0 Å². The van der Waals surface area contributed by atoms with Crippen molar-refractivity contribution in [1.82, 2.24) is 0 Å². The Hall–Kier alpha value is -0.790. The third-order valence-corrected chi connectivity index (χ3v) is 2.78. The number of carbonyl (C=O) groups excluding carboxylic acids is 1. The third kappa shape index (κ3) is 13.3. The predicted octanol–water partition coefficient (Wildman–Crippen LogP) is 4.88. The predicted molar refractivity (Wildman–Crippen MR) is 77.5 cm³/mol. The maximum absolute atomic E-state index is 11.4. The second kappa shape index (κ2) is 12.7. The van der Waals surface area contributed by atoms with Gasteiger partial charge in [-0.1, -0.05) is 52.2 Å². The first-order chi connectivity index (χ1) is 8.66. The standard InChI is InChI=1S/C16H30O2/c1-4-5-6-11-14-18-16(17)13-10-8-7-9-12-15(2)3/h9,12,15H,4-8,10-11,13-14H2,1-3H3/b12-9+. The molecule has 2 nitrogen and oxygen atoms in total. The molecule has 0 aromatic carbocycles. The van der Waals surface area contributed by atoms with E-state index >= 15 is 0 Å². The molecule has 2 heteroatoms. The van der Waals surface area contributed by atoms with Gasteiger partial charge in [0, 0.05) is 6.42 Å². The molecule has 0 spiro atoms. The van der Waals surface area contributed by atoms with Crippen molar-refractivity contribution in [2.45, 2.75) is 72.1 Å². The Labute approximate surface area is 113 Å². The Morgan fingerprint density at radius 2 is 1.89 bits per heavy atom. The van der Waals surface area contributed by atoms with Gasteiger partial charge in [-0.3, -0.25) is 4.79 Å². The molecule has 0 radical (unpaired) electrons. The number of hydrogen-bond donors (Lipinski definition) is 0. The summed E-state index contributed by atoms with van der Waals surface area (Å²) in [4.78, 5) is 11.4. The van der Waals surface area contributed by atoms with Gasteiger partial charge in [0.15, 0.2) is 0 Å². The summed E-state index contributed by atoms with van der Waals surface area (Å²) in [5.74, 6) is 0.595. The first-order valence-corrected chi connectivity index (χ1v) is 7.49. The lowest BCUT2D eigenvalue weighted by Gasteiger charge is -2.04. The lowest BCUT2D eigenvalue weighted by Crippen LogP contribution is -2.05. The summed E-state index contributed by atoms with van der Waals surface area (Å²) in [5.41, 5.74) is 0. The fourth-order valence-corrected chi connectivity index (χ4v) is 1.69. The van der Waals surface area contributed by atoms with Crippen LogP contribution in [0.4, 0.5) is 0 Å². The van der Waals surface area contributed by atoms with E-state index < -0.39 is 0 Å². The Bertz CT molecular complexity index is 219. The lowest BCUT2D eigenvalue weighted by atomic mass is 10.1. The fourth-order valence-electron chi connectivity index (χ4n) is 1.69. The summed E-state index contributed by atoms with van der Waals surface area (Å²) in [6.45, 7) is 7.13. The second-order valence-electron chi connectivity index (χ2n) is 5.20. The van der Waals surface area contributed by atoms with Crippen LogP contribution in [0.25, 0.3) is 0 Å². The topological polar surface area (TPSA) is 26.3 Å². The van der Waals surface area contributed by atoms with E-state index in [4.69, 9.17) is 4.74 Å². The molecule has 18 heavy (non-hydrogen) atoms. The summed E-state index contributed by atoms with van der Waals surface area (Å²) < 4.78 is 5.18. The van der Waals surface area contributed by atoms with Crippen molar-refractivity contribution >= 4 is 5.97 Å². The highest BCUT2D eigenvalue weighted by Crippen LogP contribution is 2.05. The van der Waals surface area contributed by atoms with E-state index in [9.17, 15) is 4.79 Å². The zero-order valence-electron chi connectivity index (χ0n) is 12.4. The molecule has 0 rings (SSSR count). The van der Waals surface area contributed by atoms with E-state index in [0.717, 1.165) is 25.7 Å². The Morgan fingerprint density at radius 1 is 1.11 bits per heavy atom. The normalized spacial score (nSPS) is 11.3. The van der Waals surface area contributed by atoms with E-state index in [1.165, 1.54) is 19.3 Å². The summed E-state index contributed by atoms with van der Waals surface area (Å²) in [6, 6.07) is 0. The van der Waals surface area contributed by atoms with Crippen LogP contribution in [0, 0.1) is 5.92 Å². The summed E-state index contributed by atoms with van der Waals surface area (Å²) in [5, 5.41) is 0. The van der Waals surface area contributed by atoms with E-state index in [-0.39, 0.29) is 5.97 Å². The third-order valence-electron chi connectivity index (χ3n) is 2.78. The second-order valence-corrected chi connectivity index (χ2v) is 5.20. The number of carbonyl (C=O) groups is 1. The average molecular weight is 254 g/mol.